The lowest BCUT2D eigenvalue weighted by atomic mass is 9.94. The molecule has 1 saturated heterocycles. The molecule has 0 bridgehead atoms. The van der Waals surface area contributed by atoms with Gasteiger partial charge in [-0.15, -0.1) is 0 Å². The normalized spacial score (nSPS) is 17.1. The van der Waals surface area contributed by atoms with Gasteiger partial charge in [0.1, 0.15) is 23.1 Å². The molecule has 7 heteroatoms. The van der Waals surface area contributed by atoms with Crippen LogP contribution in [0.3, 0.4) is 0 Å². The van der Waals surface area contributed by atoms with Gasteiger partial charge in [0, 0.05) is 16.8 Å². The largest absolute Gasteiger partial charge is 0.507 e. The number of para-hydroxylation sites is 1. The first-order chi connectivity index (χ1) is 17.2. The van der Waals surface area contributed by atoms with Crippen LogP contribution in [-0.4, -0.2) is 30.5 Å². The minimum atomic E-state index is -1.03. The predicted octanol–water partition coefficient (Wildman–Crippen LogP) is 5.80. The van der Waals surface area contributed by atoms with Gasteiger partial charge >= 0.3 is 0 Å². The van der Waals surface area contributed by atoms with E-state index in [9.17, 15) is 19.1 Å². The summed E-state index contributed by atoms with van der Waals surface area (Å²) in [6.45, 7) is 6.48. The average Bonchev–Trinajstić information content (AvgIpc) is 3.12. The van der Waals surface area contributed by atoms with Crippen molar-refractivity contribution in [3.05, 3.63) is 94.8 Å². The van der Waals surface area contributed by atoms with Gasteiger partial charge in [-0.05, 0) is 60.9 Å². The highest BCUT2D eigenvalue weighted by atomic mass is 19.1. The maximum atomic E-state index is 14.1. The number of hydrogen-bond donors (Lipinski definition) is 1. The van der Waals surface area contributed by atoms with Crippen LogP contribution in [0.5, 0.6) is 11.5 Å². The summed E-state index contributed by atoms with van der Waals surface area (Å²) in [7, 11) is 1.48. The highest BCUT2D eigenvalue weighted by Crippen LogP contribution is 2.45. The Hall–Kier alpha value is -4.13. The second-order valence-corrected chi connectivity index (χ2v) is 9.08. The summed E-state index contributed by atoms with van der Waals surface area (Å²) >= 11 is 0. The molecule has 0 aromatic heterocycles. The minimum absolute atomic E-state index is 0.107. The fraction of sp³-hybridized carbons (Fsp3) is 0.241. The average molecular weight is 490 g/mol. The zero-order valence-corrected chi connectivity index (χ0v) is 20.6. The van der Waals surface area contributed by atoms with Crippen LogP contribution in [-0.2, 0) is 9.59 Å². The van der Waals surface area contributed by atoms with E-state index < -0.39 is 23.5 Å². The predicted molar refractivity (Wildman–Crippen MR) is 136 cm³/mol. The van der Waals surface area contributed by atoms with Gasteiger partial charge in [0.15, 0.2) is 0 Å². The Morgan fingerprint density at radius 2 is 1.78 bits per heavy atom. The van der Waals surface area contributed by atoms with E-state index >= 15 is 0 Å². The van der Waals surface area contributed by atoms with Gasteiger partial charge in [0.05, 0.1) is 25.3 Å². The van der Waals surface area contributed by atoms with E-state index in [2.05, 4.69) is 0 Å². The first kappa shape index (κ1) is 25.0. The van der Waals surface area contributed by atoms with Crippen LogP contribution < -0.4 is 14.4 Å². The third-order valence-corrected chi connectivity index (χ3v) is 5.98. The molecule has 1 unspecified atom stereocenters. The van der Waals surface area contributed by atoms with Crippen LogP contribution in [0, 0.1) is 18.7 Å². The van der Waals surface area contributed by atoms with E-state index in [1.54, 1.807) is 48.5 Å². The summed E-state index contributed by atoms with van der Waals surface area (Å²) in [6.07, 6.45) is 0. The van der Waals surface area contributed by atoms with E-state index in [4.69, 9.17) is 9.47 Å². The Kier molecular flexibility index (Phi) is 7.10. The number of ketones is 1. The molecule has 4 rings (SSSR count). The van der Waals surface area contributed by atoms with E-state index in [-0.39, 0.29) is 17.0 Å². The van der Waals surface area contributed by atoms with Crippen LogP contribution in [0.4, 0.5) is 10.1 Å². The molecule has 0 saturated carbocycles. The standard InChI is InChI=1S/C29H28FNO5/c1-17(2)16-36-23-13-12-19(14-18(23)3)27(32)25-26(22-10-5-6-11-24(22)35-4)31(29(34)28(25)33)21-9-7-8-20(30)15-21/h5-15,17,26,32H,16H2,1-4H3/b27-25+. The van der Waals surface area contributed by atoms with Crippen molar-refractivity contribution in [1.82, 2.24) is 0 Å². The van der Waals surface area contributed by atoms with Crippen molar-refractivity contribution in [3.63, 3.8) is 0 Å². The Morgan fingerprint density at radius 1 is 1.03 bits per heavy atom. The molecule has 1 atom stereocenters. The molecule has 36 heavy (non-hydrogen) atoms. The number of carbonyl (C=O) groups is 2. The lowest BCUT2D eigenvalue weighted by Crippen LogP contribution is -2.29. The molecule has 3 aromatic carbocycles. The van der Waals surface area contributed by atoms with Crippen molar-refractivity contribution in [3.8, 4) is 11.5 Å². The van der Waals surface area contributed by atoms with E-state index in [0.717, 1.165) is 5.56 Å². The third-order valence-electron chi connectivity index (χ3n) is 5.98. The highest BCUT2D eigenvalue weighted by molar-refractivity contribution is 6.51. The Morgan fingerprint density at radius 3 is 2.44 bits per heavy atom. The number of rotatable bonds is 7. The first-order valence-electron chi connectivity index (χ1n) is 11.7. The van der Waals surface area contributed by atoms with Crippen molar-refractivity contribution in [2.24, 2.45) is 5.92 Å². The summed E-state index contributed by atoms with van der Waals surface area (Å²) in [4.78, 5) is 27.8. The molecular formula is C29H28FNO5. The number of ether oxygens (including phenoxy) is 2. The number of hydrogen-bond acceptors (Lipinski definition) is 5. The number of methoxy groups -OCH3 is 1. The van der Waals surface area contributed by atoms with Crippen molar-refractivity contribution in [1.29, 1.82) is 0 Å². The molecule has 1 N–H and O–H groups in total. The summed E-state index contributed by atoms with van der Waals surface area (Å²) in [5.41, 5.74) is 1.71. The number of aliphatic hydroxyl groups excluding tert-OH is 1. The van der Waals surface area contributed by atoms with Gasteiger partial charge < -0.3 is 14.6 Å². The Bertz CT molecular complexity index is 1350. The molecule has 186 valence electrons. The lowest BCUT2D eigenvalue weighted by Gasteiger charge is -2.26. The number of aliphatic hydroxyl groups is 1. The van der Waals surface area contributed by atoms with E-state index in [1.165, 1.54) is 30.2 Å². The number of benzene rings is 3. The molecule has 1 aliphatic rings. The van der Waals surface area contributed by atoms with E-state index in [0.29, 0.717) is 35.2 Å². The van der Waals surface area contributed by atoms with Crippen molar-refractivity contribution in [2.75, 3.05) is 18.6 Å². The summed E-state index contributed by atoms with van der Waals surface area (Å²) in [5, 5.41) is 11.4. The SMILES string of the molecule is COc1ccccc1C1/C(=C(\O)c2ccc(OCC(C)C)c(C)c2)C(=O)C(=O)N1c1cccc(F)c1. The number of aryl methyl sites for hydroxylation is 1. The summed E-state index contributed by atoms with van der Waals surface area (Å²) < 4.78 is 25.4. The molecule has 0 spiro atoms. The van der Waals surface area contributed by atoms with Crippen LogP contribution in [0.25, 0.3) is 5.76 Å². The highest BCUT2D eigenvalue weighted by Gasteiger charge is 2.48. The van der Waals surface area contributed by atoms with E-state index in [1.807, 2.05) is 20.8 Å². The number of halogens is 1. The quantitative estimate of drug-likeness (QED) is 0.258. The maximum absolute atomic E-state index is 14.1. The molecule has 3 aromatic rings. The molecule has 0 radical (unpaired) electrons. The summed E-state index contributed by atoms with van der Waals surface area (Å²) in [5.74, 6) is -1.19. The number of nitrogens with zero attached hydrogens (tertiary/aromatic N) is 1. The molecule has 1 amide bonds. The van der Waals surface area contributed by atoms with Crippen LogP contribution >= 0.6 is 0 Å². The number of Topliss-reactive ketones (excluding diaryl/α,β-unsaturated/α-hetero) is 1. The molecule has 0 aliphatic carbocycles. The topological polar surface area (TPSA) is 76.1 Å². The fourth-order valence-electron chi connectivity index (χ4n) is 4.28. The third kappa shape index (κ3) is 4.69. The van der Waals surface area contributed by atoms with Crippen molar-refractivity contribution >= 4 is 23.1 Å². The van der Waals surface area contributed by atoms with Crippen LogP contribution in [0.2, 0.25) is 0 Å². The van der Waals surface area contributed by atoms with Gasteiger partial charge in [-0.2, -0.15) is 0 Å². The van der Waals surface area contributed by atoms with Gasteiger partial charge in [0.25, 0.3) is 11.7 Å². The van der Waals surface area contributed by atoms with Gasteiger partial charge in [0.2, 0.25) is 0 Å². The fourth-order valence-corrected chi connectivity index (χ4v) is 4.28. The van der Waals surface area contributed by atoms with Gasteiger partial charge in [-0.3, -0.25) is 14.5 Å². The molecule has 1 heterocycles. The number of amides is 1. The van der Waals surface area contributed by atoms with Crippen molar-refractivity contribution < 1.29 is 28.6 Å². The number of anilines is 1. The van der Waals surface area contributed by atoms with Crippen LogP contribution in [0.15, 0.2) is 72.3 Å². The lowest BCUT2D eigenvalue weighted by molar-refractivity contribution is -0.132. The molecule has 6 nitrogen and oxygen atoms in total. The van der Waals surface area contributed by atoms with Gasteiger partial charge in [-0.25, -0.2) is 4.39 Å². The second-order valence-electron chi connectivity index (χ2n) is 9.08. The second kappa shape index (κ2) is 10.2. The molecule has 1 fully saturated rings. The Balaban J connectivity index is 1.89. The minimum Gasteiger partial charge on any atom is -0.507 e. The smallest absolute Gasteiger partial charge is 0.300 e. The molecular weight excluding hydrogens is 461 g/mol. The van der Waals surface area contributed by atoms with Crippen molar-refractivity contribution in [2.45, 2.75) is 26.8 Å². The monoisotopic (exact) mass is 489 g/mol. The number of carbonyl (C=O) groups excluding carboxylic acids is 2. The van der Waals surface area contributed by atoms with Gasteiger partial charge in [-0.1, -0.05) is 38.1 Å². The molecule has 1 aliphatic heterocycles. The maximum Gasteiger partial charge on any atom is 0.300 e. The zero-order chi connectivity index (χ0) is 26.0. The van der Waals surface area contributed by atoms with Crippen LogP contribution in [0.1, 0.15) is 36.6 Å². The zero-order valence-electron chi connectivity index (χ0n) is 20.6. The first-order valence-corrected chi connectivity index (χ1v) is 11.7. The Labute approximate surface area is 209 Å². The summed E-state index contributed by atoms with van der Waals surface area (Å²) in [6, 6.07) is 16.4.